The number of ketones is 1. The number of carbonyl (C=O) groups is 1. The summed E-state index contributed by atoms with van der Waals surface area (Å²) in [6.45, 7) is 6.24. The van der Waals surface area contributed by atoms with Gasteiger partial charge >= 0.3 is 0 Å². The zero-order chi connectivity index (χ0) is 18.7. The first-order valence-electron chi connectivity index (χ1n) is 8.64. The summed E-state index contributed by atoms with van der Waals surface area (Å²) in [7, 11) is 1.94. The number of rotatable bonds is 6. The Bertz CT molecular complexity index is 933. The number of thioether (sulfide) groups is 1. The molecule has 134 valence electrons. The third-order valence-corrected chi connectivity index (χ3v) is 5.77. The normalized spacial score (nSPS) is 12.2. The summed E-state index contributed by atoms with van der Waals surface area (Å²) in [6, 6.07) is 14.2. The smallest absolute Gasteiger partial charge is 0.191 e. The lowest BCUT2D eigenvalue weighted by atomic mass is 9.98. The Labute approximate surface area is 158 Å². The number of hydrogen-bond acceptors (Lipinski definition) is 4. The fourth-order valence-corrected chi connectivity index (χ4v) is 3.67. The van der Waals surface area contributed by atoms with E-state index in [1.807, 2.05) is 48.9 Å². The van der Waals surface area contributed by atoms with Crippen LogP contribution in [-0.4, -0.2) is 20.5 Å². The summed E-state index contributed by atoms with van der Waals surface area (Å²) in [5, 5.41) is 9.16. The molecule has 0 aliphatic heterocycles. The van der Waals surface area contributed by atoms with E-state index < -0.39 is 0 Å². The molecule has 3 rings (SSSR count). The van der Waals surface area contributed by atoms with E-state index in [9.17, 15) is 4.79 Å². The number of aromatic nitrogens is 3. The summed E-state index contributed by atoms with van der Waals surface area (Å²) in [4.78, 5) is 12.6. The van der Waals surface area contributed by atoms with Gasteiger partial charge in [-0.3, -0.25) is 4.79 Å². The van der Waals surface area contributed by atoms with E-state index >= 15 is 0 Å². The molecule has 0 saturated carbocycles. The largest absolute Gasteiger partial charge is 0.312 e. The Morgan fingerprint density at radius 2 is 1.96 bits per heavy atom. The molecule has 0 radical (unpaired) electrons. The van der Waals surface area contributed by atoms with Gasteiger partial charge in [0.1, 0.15) is 6.33 Å². The Hall–Kier alpha value is -2.40. The minimum absolute atomic E-state index is 0.152. The molecule has 2 aromatic carbocycles. The quantitative estimate of drug-likeness (QED) is 0.469. The zero-order valence-corrected chi connectivity index (χ0v) is 16.4. The second-order valence-electron chi connectivity index (χ2n) is 6.63. The van der Waals surface area contributed by atoms with Crippen LogP contribution in [0.4, 0.5) is 0 Å². The van der Waals surface area contributed by atoms with Crippen molar-refractivity contribution in [3.63, 3.8) is 0 Å². The van der Waals surface area contributed by atoms with Gasteiger partial charge in [-0.05, 0) is 49.1 Å². The first-order chi connectivity index (χ1) is 12.4. The molecule has 3 aromatic rings. The van der Waals surface area contributed by atoms with E-state index in [-0.39, 0.29) is 11.0 Å². The lowest BCUT2D eigenvalue weighted by Gasteiger charge is -2.12. The maximum absolute atomic E-state index is 12.6. The van der Waals surface area contributed by atoms with Crippen LogP contribution in [0.1, 0.15) is 44.8 Å². The first kappa shape index (κ1) is 18.4. The summed E-state index contributed by atoms with van der Waals surface area (Å²) < 4.78 is 1.91. The van der Waals surface area contributed by atoms with Gasteiger partial charge in [0, 0.05) is 24.3 Å². The van der Waals surface area contributed by atoms with Crippen LogP contribution in [0.25, 0.3) is 0 Å². The number of nitrogens with zero attached hydrogens (tertiary/aromatic N) is 3. The maximum atomic E-state index is 12.6. The molecule has 0 spiro atoms. The predicted molar refractivity (Wildman–Crippen MR) is 106 cm³/mol. The molecular formula is C21H23N3OS. The zero-order valence-electron chi connectivity index (χ0n) is 15.6. The minimum atomic E-state index is 0.152. The van der Waals surface area contributed by atoms with E-state index in [1.165, 1.54) is 11.1 Å². The summed E-state index contributed by atoms with van der Waals surface area (Å²) in [5.74, 6) is 0.152. The Morgan fingerprint density at radius 3 is 2.65 bits per heavy atom. The number of benzene rings is 2. The predicted octanol–water partition coefficient (Wildman–Crippen LogP) is 4.71. The summed E-state index contributed by atoms with van der Waals surface area (Å²) in [5.41, 5.74) is 5.36. The van der Waals surface area contributed by atoms with Crippen LogP contribution in [0.3, 0.4) is 0 Å². The number of hydrogen-bond donors (Lipinski definition) is 0. The van der Waals surface area contributed by atoms with Gasteiger partial charge in [-0.2, -0.15) is 0 Å². The molecule has 0 amide bonds. The standard InChI is InChI=1S/C21H23N3OS/c1-14-8-9-19(10-15(14)2)20(25)12-17-6-5-7-18(11-17)16(3)26-21-23-22-13-24(21)4/h5-11,13,16H,12H2,1-4H3/t16-/m0/s1. The monoisotopic (exact) mass is 365 g/mol. The van der Waals surface area contributed by atoms with Crippen molar-refractivity contribution in [2.24, 2.45) is 7.05 Å². The number of aryl methyl sites for hydroxylation is 3. The van der Waals surface area contributed by atoms with Crippen LogP contribution in [0, 0.1) is 13.8 Å². The number of carbonyl (C=O) groups excluding carboxylic acids is 1. The molecule has 0 saturated heterocycles. The average molecular weight is 366 g/mol. The molecule has 1 aromatic heterocycles. The summed E-state index contributed by atoms with van der Waals surface area (Å²) >= 11 is 1.66. The average Bonchev–Trinajstić information content (AvgIpc) is 3.02. The Balaban J connectivity index is 1.73. The van der Waals surface area contributed by atoms with E-state index in [1.54, 1.807) is 18.1 Å². The molecule has 0 aliphatic rings. The first-order valence-corrected chi connectivity index (χ1v) is 9.52. The molecule has 4 nitrogen and oxygen atoms in total. The molecule has 0 bridgehead atoms. The van der Waals surface area contributed by atoms with Crippen molar-refractivity contribution in [3.8, 4) is 0 Å². The van der Waals surface area contributed by atoms with Gasteiger partial charge in [0.05, 0.1) is 0 Å². The van der Waals surface area contributed by atoms with Crippen molar-refractivity contribution in [1.29, 1.82) is 0 Å². The van der Waals surface area contributed by atoms with Crippen molar-refractivity contribution in [2.45, 2.75) is 37.6 Å². The third-order valence-electron chi connectivity index (χ3n) is 4.57. The van der Waals surface area contributed by atoms with E-state index in [0.717, 1.165) is 21.8 Å². The van der Waals surface area contributed by atoms with E-state index in [2.05, 4.69) is 36.2 Å². The highest BCUT2D eigenvalue weighted by Gasteiger charge is 2.13. The maximum Gasteiger partial charge on any atom is 0.191 e. The summed E-state index contributed by atoms with van der Waals surface area (Å²) in [6.07, 6.45) is 2.12. The van der Waals surface area contributed by atoms with Crippen molar-refractivity contribution < 1.29 is 4.79 Å². The second kappa shape index (κ2) is 7.87. The van der Waals surface area contributed by atoms with Crippen LogP contribution in [0.5, 0.6) is 0 Å². The highest BCUT2D eigenvalue weighted by Crippen LogP contribution is 2.33. The molecule has 0 aliphatic carbocycles. The fraction of sp³-hybridized carbons (Fsp3) is 0.286. The minimum Gasteiger partial charge on any atom is -0.312 e. The van der Waals surface area contributed by atoms with Gasteiger partial charge in [0.15, 0.2) is 10.9 Å². The molecule has 0 N–H and O–H groups in total. The molecule has 1 heterocycles. The third kappa shape index (κ3) is 4.22. The van der Waals surface area contributed by atoms with E-state index in [0.29, 0.717) is 6.42 Å². The van der Waals surface area contributed by atoms with Crippen molar-refractivity contribution in [3.05, 3.63) is 76.6 Å². The highest BCUT2D eigenvalue weighted by atomic mass is 32.2. The van der Waals surface area contributed by atoms with Crippen molar-refractivity contribution >= 4 is 17.5 Å². The van der Waals surface area contributed by atoms with Crippen LogP contribution < -0.4 is 0 Å². The molecular weight excluding hydrogens is 342 g/mol. The van der Waals surface area contributed by atoms with Gasteiger partial charge in [0.25, 0.3) is 0 Å². The number of Topliss-reactive ketones (excluding diaryl/α,β-unsaturated/α-hetero) is 1. The molecule has 26 heavy (non-hydrogen) atoms. The van der Waals surface area contributed by atoms with Crippen molar-refractivity contribution in [1.82, 2.24) is 14.8 Å². The molecule has 0 fully saturated rings. The fourth-order valence-electron chi connectivity index (χ4n) is 2.76. The lowest BCUT2D eigenvalue weighted by molar-refractivity contribution is 0.0993. The van der Waals surface area contributed by atoms with Crippen LogP contribution in [0.15, 0.2) is 53.9 Å². The Morgan fingerprint density at radius 1 is 1.15 bits per heavy atom. The molecule has 1 atom stereocenters. The lowest BCUT2D eigenvalue weighted by Crippen LogP contribution is -2.05. The molecule has 0 unspecified atom stereocenters. The van der Waals surface area contributed by atoms with Crippen LogP contribution in [-0.2, 0) is 13.5 Å². The topological polar surface area (TPSA) is 47.8 Å². The van der Waals surface area contributed by atoms with Crippen molar-refractivity contribution in [2.75, 3.05) is 0 Å². The van der Waals surface area contributed by atoms with Gasteiger partial charge in [-0.15, -0.1) is 10.2 Å². The van der Waals surface area contributed by atoms with Gasteiger partial charge in [0.2, 0.25) is 0 Å². The second-order valence-corrected chi connectivity index (χ2v) is 7.94. The SMILES string of the molecule is Cc1ccc(C(=O)Cc2cccc([C@H](C)Sc3nncn3C)c2)cc1C. The van der Waals surface area contributed by atoms with E-state index in [4.69, 9.17) is 0 Å². The highest BCUT2D eigenvalue weighted by molar-refractivity contribution is 7.99. The molecule has 5 heteroatoms. The van der Waals surface area contributed by atoms with Crippen LogP contribution >= 0.6 is 11.8 Å². The van der Waals surface area contributed by atoms with Gasteiger partial charge in [-0.1, -0.05) is 48.2 Å². The Kier molecular flexibility index (Phi) is 5.57. The van der Waals surface area contributed by atoms with Gasteiger partial charge < -0.3 is 4.57 Å². The van der Waals surface area contributed by atoms with Gasteiger partial charge in [-0.25, -0.2) is 0 Å². The van der Waals surface area contributed by atoms with Crippen LogP contribution in [0.2, 0.25) is 0 Å².